The third kappa shape index (κ3) is 2.02. The average Bonchev–Trinajstić information content (AvgIpc) is 2.90. The monoisotopic (exact) mass is 249 g/mol. The molecule has 0 unspecified atom stereocenters. The topological polar surface area (TPSA) is 53.1 Å². The van der Waals surface area contributed by atoms with Crippen molar-refractivity contribution >= 4 is 22.8 Å². The van der Waals surface area contributed by atoms with E-state index in [0.29, 0.717) is 11.6 Å². The molecule has 0 N–H and O–H groups in total. The number of hydrogen-bond donors (Lipinski definition) is 0. The molecule has 0 fully saturated rings. The smallest absolute Gasteiger partial charge is 0.302 e. The first kappa shape index (κ1) is 11.3. The molecule has 0 atom stereocenters. The molecule has 3 rings (SSSR count). The summed E-state index contributed by atoms with van der Waals surface area (Å²) in [6.07, 6.45) is 0. The number of anilines is 2. The van der Waals surface area contributed by atoms with Gasteiger partial charge in [-0.25, -0.2) is 0 Å². The maximum absolute atomic E-state index is 8.92. The highest BCUT2D eigenvalue weighted by Crippen LogP contribution is 2.26. The molecular weight excluding hydrogens is 238 g/mol. The minimum Gasteiger partial charge on any atom is -0.423 e. The highest BCUT2D eigenvalue weighted by Gasteiger charge is 2.11. The van der Waals surface area contributed by atoms with Crippen molar-refractivity contribution in [2.75, 3.05) is 11.9 Å². The highest BCUT2D eigenvalue weighted by atomic mass is 16.4. The first-order valence-corrected chi connectivity index (χ1v) is 5.87. The lowest BCUT2D eigenvalue weighted by molar-refractivity contribution is 0.603. The second kappa shape index (κ2) is 4.46. The van der Waals surface area contributed by atoms with Crippen LogP contribution in [0.2, 0.25) is 0 Å². The molecule has 0 radical (unpaired) electrons. The van der Waals surface area contributed by atoms with Gasteiger partial charge in [-0.05, 0) is 30.3 Å². The molecule has 2 aromatic carbocycles. The Morgan fingerprint density at radius 1 is 1.16 bits per heavy atom. The van der Waals surface area contributed by atoms with E-state index in [1.54, 1.807) is 12.1 Å². The van der Waals surface area contributed by atoms with E-state index in [0.717, 1.165) is 16.8 Å². The molecule has 19 heavy (non-hydrogen) atoms. The van der Waals surface area contributed by atoms with Crippen LogP contribution in [0.1, 0.15) is 5.56 Å². The standard InChI is InChI=1S/C15H11N3O/c1-18(12-6-4-5-11(9-12)10-16)15-17-13-7-2-3-8-14(13)19-15/h2-9H,1H3. The van der Waals surface area contributed by atoms with Gasteiger partial charge in [0.2, 0.25) is 0 Å². The van der Waals surface area contributed by atoms with Crippen LogP contribution >= 0.6 is 0 Å². The minimum absolute atomic E-state index is 0.510. The van der Waals surface area contributed by atoms with Gasteiger partial charge in [0.1, 0.15) is 5.52 Å². The number of nitrogens with zero attached hydrogens (tertiary/aromatic N) is 3. The van der Waals surface area contributed by atoms with Crippen LogP contribution in [0.4, 0.5) is 11.7 Å². The molecule has 4 nitrogen and oxygen atoms in total. The predicted molar refractivity (Wildman–Crippen MR) is 73.2 cm³/mol. The summed E-state index contributed by atoms with van der Waals surface area (Å²) in [6.45, 7) is 0. The molecule has 4 heteroatoms. The van der Waals surface area contributed by atoms with Crippen LogP contribution < -0.4 is 4.90 Å². The molecule has 0 bridgehead atoms. The van der Waals surface area contributed by atoms with Crippen molar-refractivity contribution in [2.24, 2.45) is 0 Å². The Morgan fingerprint density at radius 3 is 2.79 bits per heavy atom. The number of fused-ring (bicyclic) bond motifs is 1. The molecule has 1 aromatic heterocycles. The van der Waals surface area contributed by atoms with E-state index in [4.69, 9.17) is 9.68 Å². The van der Waals surface area contributed by atoms with Crippen molar-refractivity contribution in [3.8, 4) is 6.07 Å². The fraction of sp³-hybridized carbons (Fsp3) is 0.0667. The molecule has 0 aliphatic heterocycles. The van der Waals surface area contributed by atoms with Crippen molar-refractivity contribution < 1.29 is 4.42 Å². The summed E-state index contributed by atoms with van der Waals surface area (Å²) in [6, 6.07) is 17.6. The summed E-state index contributed by atoms with van der Waals surface area (Å²) in [4.78, 5) is 6.24. The largest absolute Gasteiger partial charge is 0.423 e. The lowest BCUT2D eigenvalue weighted by atomic mass is 10.2. The van der Waals surface area contributed by atoms with Crippen LogP contribution in [0.5, 0.6) is 0 Å². The van der Waals surface area contributed by atoms with Gasteiger partial charge in [0, 0.05) is 12.7 Å². The molecule has 1 heterocycles. The van der Waals surface area contributed by atoms with E-state index in [9.17, 15) is 0 Å². The molecule has 0 spiro atoms. The van der Waals surface area contributed by atoms with Gasteiger partial charge in [0.05, 0.1) is 11.6 Å². The molecule has 92 valence electrons. The number of para-hydroxylation sites is 2. The van der Waals surface area contributed by atoms with Crippen LogP contribution in [-0.2, 0) is 0 Å². The van der Waals surface area contributed by atoms with Crippen LogP contribution in [0.25, 0.3) is 11.1 Å². The Bertz CT molecular complexity index is 737. The Morgan fingerprint density at radius 2 is 2.00 bits per heavy atom. The Balaban J connectivity index is 2.03. The molecule has 3 aromatic rings. The Hall–Kier alpha value is -2.80. The van der Waals surface area contributed by atoms with Crippen molar-refractivity contribution in [3.05, 3.63) is 54.1 Å². The quantitative estimate of drug-likeness (QED) is 0.697. The first-order valence-electron chi connectivity index (χ1n) is 5.87. The van der Waals surface area contributed by atoms with E-state index in [1.807, 2.05) is 48.3 Å². The second-order valence-corrected chi connectivity index (χ2v) is 4.19. The van der Waals surface area contributed by atoms with Gasteiger partial charge in [0.15, 0.2) is 5.58 Å². The summed E-state index contributed by atoms with van der Waals surface area (Å²) < 4.78 is 5.69. The number of rotatable bonds is 2. The average molecular weight is 249 g/mol. The number of hydrogen-bond acceptors (Lipinski definition) is 4. The fourth-order valence-corrected chi connectivity index (χ4v) is 1.90. The lowest BCUT2D eigenvalue weighted by Gasteiger charge is -2.14. The zero-order chi connectivity index (χ0) is 13.2. The van der Waals surface area contributed by atoms with E-state index in [2.05, 4.69) is 11.1 Å². The minimum atomic E-state index is 0.510. The van der Waals surface area contributed by atoms with Crippen molar-refractivity contribution in [1.29, 1.82) is 5.26 Å². The van der Waals surface area contributed by atoms with Gasteiger partial charge >= 0.3 is 6.01 Å². The third-order valence-corrected chi connectivity index (χ3v) is 2.93. The van der Waals surface area contributed by atoms with Gasteiger partial charge in [0.25, 0.3) is 0 Å². The van der Waals surface area contributed by atoms with E-state index in [1.165, 1.54) is 0 Å². The highest BCUT2D eigenvalue weighted by molar-refractivity contribution is 5.75. The SMILES string of the molecule is CN(c1cccc(C#N)c1)c1nc2ccccc2o1. The summed E-state index contributed by atoms with van der Waals surface area (Å²) in [5.74, 6) is 0. The van der Waals surface area contributed by atoms with Crippen molar-refractivity contribution in [3.63, 3.8) is 0 Å². The van der Waals surface area contributed by atoms with Gasteiger partial charge < -0.3 is 4.42 Å². The number of nitriles is 1. The summed E-state index contributed by atoms with van der Waals surface area (Å²) in [7, 11) is 1.86. The van der Waals surface area contributed by atoms with E-state index < -0.39 is 0 Å². The fourth-order valence-electron chi connectivity index (χ4n) is 1.90. The number of oxazole rings is 1. The molecule has 0 aliphatic carbocycles. The zero-order valence-corrected chi connectivity index (χ0v) is 10.4. The van der Waals surface area contributed by atoms with Gasteiger partial charge in [-0.15, -0.1) is 0 Å². The molecule has 0 saturated carbocycles. The van der Waals surface area contributed by atoms with E-state index in [-0.39, 0.29) is 0 Å². The lowest BCUT2D eigenvalue weighted by Crippen LogP contribution is -2.09. The van der Waals surface area contributed by atoms with Crippen molar-refractivity contribution in [2.45, 2.75) is 0 Å². The normalized spacial score (nSPS) is 10.3. The van der Waals surface area contributed by atoms with Gasteiger partial charge in [-0.2, -0.15) is 10.2 Å². The number of aromatic nitrogens is 1. The summed E-state index contributed by atoms with van der Waals surface area (Å²) >= 11 is 0. The summed E-state index contributed by atoms with van der Waals surface area (Å²) in [5.41, 5.74) is 3.05. The van der Waals surface area contributed by atoms with Crippen molar-refractivity contribution in [1.82, 2.24) is 4.98 Å². The third-order valence-electron chi connectivity index (χ3n) is 2.93. The Labute approximate surface area is 110 Å². The van der Waals surface area contributed by atoms with Gasteiger partial charge in [-0.1, -0.05) is 18.2 Å². The maximum atomic E-state index is 8.92. The van der Waals surface area contributed by atoms with Crippen LogP contribution in [0.15, 0.2) is 52.9 Å². The Kier molecular flexibility index (Phi) is 2.66. The van der Waals surface area contributed by atoms with Crippen LogP contribution in [0.3, 0.4) is 0 Å². The van der Waals surface area contributed by atoms with Crippen LogP contribution in [0, 0.1) is 11.3 Å². The second-order valence-electron chi connectivity index (χ2n) is 4.19. The first-order chi connectivity index (χ1) is 9.28. The molecule has 0 aliphatic rings. The van der Waals surface area contributed by atoms with E-state index >= 15 is 0 Å². The molecule has 0 amide bonds. The maximum Gasteiger partial charge on any atom is 0.302 e. The zero-order valence-electron chi connectivity index (χ0n) is 10.4. The number of benzene rings is 2. The summed E-state index contributed by atoms with van der Waals surface area (Å²) in [5, 5.41) is 8.92. The molecular formula is C15H11N3O. The predicted octanol–water partition coefficient (Wildman–Crippen LogP) is 3.47. The van der Waals surface area contributed by atoms with Crippen LogP contribution in [-0.4, -0.2) is 12.0 Å². The van der Waals surface area contributed by atoms with Gasteiger partial charge in [-0.3, -0.25) is 4.90 Å². The molecule has 0 saturated heterocycles.